The highest BCUT2D eigenvalue weighted by molar-refractivity contribution is 6.05. The summed E-state index contributed by atoms with van der Waals surface area (Å²) in [6.45, 7) is 1.34. The van der Waals surface area contributed by atoms with Gasteiger partial charge >= 0.3 is 5.97 Å². The van der Waals surface area contributed by atoms with Crippen LogP contribution in [0.4, 0.5) is 11.4 Å². The van der Waals surface area contributed by atoms with Gasteiger partial charge in [-0.3, -0.25) is 9.59 Å². The molecule has 7 nitrogen and oxygen atoms in total. The van der Waals surface area contributed by atoms with Gasteiger partial charge in [-0.05, 0) is 31.2 Å². The first-order valence-corrected chi connectivity index (χ1v) is 8.52. The maximum Gasteiger partial charge on any atom is 0.342 e. The van der Waals surface area contributed by atoms with Crippen molar-refractivity contribution in [1.29, 1.82) is 0 Å². The zero-order valence-electron chi connectivity index (χ0n) is 15.1. The van der Waals surface area contributed by atoms with E-state index in [-0.39, 0.29) is 23.9 Å². The third kappa shape index (κ3) is 3.92. The first-order valence-electron chi connectivity index (χ1n) is 8.52. The summed E-state index contributed by atoms with van der Waals surface area (Å²) in [6, 6.07) is 13.3. The zero-order valence-corrected chi connectivity index (χ0v) is 15.1. The smallest absolute Gasteiger partial charge is 0.342 e. The van der Waals surface area contributed by atoms with Crippen LogP contribution >= 0.6 is 0 Å². The Morgan fingerprint density at radius 1 is 1.15 bits per heavy atom. The van der Waals surface area contributed by atoms with Crippen molar-refractivity contribution in [2.75, 3.05) is 23.9 Å². The number of ether oxygens (including phenoxy) is 2. The molecular formula is C20H20N2O5. The fraction of sp³-hybridized carbons (Fsp3) is 0.250. The molecule has 2 aromatic carbocycles. The van der Waals surface area contributed by atoms with Crippen molar-refractivity contribution < 1.29 is 23.9 Å². The van der Waals surface area contributed by atoms with E-state index in [2.05, 4.69) is 5.32 Å². The average Bonchev–Trinajstić information content (AvgIpc) is 2.79. The summed E-state index contributed by atoms with van der Waals surface area (Å²) >= 11 is 0. The molecule has 0 aliphatic carbocycles. The summed E-state index contributed by atoms with van der Waals surface area (Å²) < 4.78 is 10.3. The monoisotopic (exact) mass is 368 g/mol. The molecule has 1 N–H and O–H groups in total. The second-order valence-corrected chi connectivity index (χ2v) is 6.16. The van der Waals surface area contributed by atoms with Gasteiger partial charge in [-0.25, -0.2) is 4.79 Å². The van der Waals surface area contributed by atoms with E-state index in [0.29, 0.717) is 17.1 Å². The molecule has 27 heavy (non-hydrogen) atoms. The van der Waals surface area contributed by atoms with E-state index >= 15 is 0 Å². The molecule has 1 aliphatic heterocycles. The predicted octanol–water partition coefficient (Wildman–Crippen LogP) is 2.62. The number of rotatable bonds is 4. The quantitative estimate of drug-likeness (QED) is 0.839. The summed E-state index contributed by atoms with van der Waals surface area (Å²) in [5.74, 6) is -0.852. The summed E-state index contributed by atoms with van der Waals surface area (Å²) in [7, 11) is 1.46. The highest BCUT2D eigenvalue weighted by atomic mass is 16.5. The number of carbonyl (C=O) groups is 3. The summed E-state index contributed by atoms with van der Waals surface area (Å²) in [5, 5.41) is 2.79. The minimum Gasteiger partial charge on any atom is -0.496 e. The maximum absolute atomic E-state index is 12.8. The van der Waals surface area contributed by atoms with Crippen LogP contribution < -0.4 is 15.0 Å². The molecule has 0 radical (unpaired) electrons. The van der Waals surface area contributed by atoms with Gasteiger partial charge in [-0.15, -0.1) is 0 Å². The Bertz CT molecular complexity index is 880. The number of methoxy groups -OCH3 is 1. The third-order valence-electron chi connectivity index (χ3n) is 4.28. The van der Waals surface area contributed by atoms with E-state index in [0.717, 1.165) is 0 Å². The molecule has 7 heteroatoms. The Morgan fingerprint density at radius 2 is 1.85 bits per heavy atom. The molecule has 0 bridgehead atoms. The lowest BCUT2D eigenvalue weighted by molar-refractivity contribution is -0.122. The number of hydrogen-bond donors (Lipinski definition) is 1. The molecule has 1 atom stereocenters. The molecule has 1 aliphatic rings. The van der Waals surface area contributed by atoms with Crippen LogP contribution in [0.5, 0.6) is 5.75 Å². The van der Waals surface area contributed by atoms with Crippen molar-refractivity contribution in [2.24, 2.45) is 0 Å². The minimum atomic E-state index is -0.647. The van der Waals surface area contributed by atoms with Crippen LogP contribution in [0.1, 0.15) is 23.7 Å². The predicted molar refractivity (Wildman–Crippen MR) is 99.9 cm³/mol. The van der Waals surface area contributed by atoms with E-state index in [4.69, 9.17) is 9.47 Å². The van der Waals surface area contributed by atoms with Crippen molar-refractivity contribution in [2.45, 2.75) is 19.4 Å². The van der Waals surface area contributed by atoms with E-state index in [1.54, 1.807) is 55.5 Å². The van der Waals surface area contributed by atoms with Crippen LogP contribution in [0, 0.1) is 0 Å². The van der Waals surface area contributed by atoms with Gasteiger partial charge in [0.05, 0.1) is 18.5 Å². The molecular weight excluding hydrogens is 348 g/mol. The summed E-state index contributed by atoms with van der Waals surface area (Å²) in [4.78, 5) is 38.6. The van der Waals surface area contributed by atoms with Crippen LogP contribution in [0.2, 0.25) is 0 Å². The fourth-order valence-corrected chi connectivity index (χ4v) is 3.06. The van der Waals surface area contributed by atoms with Crippen LogP contribution in [-0.4, -0.2) is 37.5 Å². The lowest BCUT2D eigenvalue weighted by Crippen LogP contribution is -2.41. The van der Waals surface area contributed by atoms with Crippen LogP contribution in [0.15, 0.2) is 48.5 Å². The van der Waals surface area contributed by atoms with E-state index < -0.39 is 18.5 Å². The Morgan fingerprint density at radius 3 is 2.63 bits per heavy atom. The molecule has 2 aromatic rings. The summed E-state index contributed by atoms with van der Waals surface area (Å²) in [6.07, 6.45) is 0.154. The van der Waals surface area contributed by atoms with Crippen molar-refractivity contribution in [3.63, 3.8) is 0 Å². The lowest BCUT2D eigenvalue weighted by atomic mass is 10.1. The maximum atomic E-state index is 12.8. The number of benzene rings is 2. The van der Waals surface area contributed by atoms with Crippen molar-refractivity contribution in [3.05, 3.63) is 54.1 Å². The van der Waals surface area contributed by atoms with E-state index in [1.807, 2.05) is 0 Å². The van der Waals surface area contributed by atoms with Crippen molar-refractivity contribution in [3.8, 4) is 5.75 Å². The number of fused-ring (bicyclic) bond motifs is 1. The molecule has 0 aromatic heterocycles. The topological polar surface area (TPSA) is 84.9 Å². The Labute approximate surface area is 156 Å². The molecule has 0 saturated carbocycles. The fourth-order valence-electron chi connectivity index (χ4n) is 3.06. The zero-order chi connectivity index (χ0) is 19.4. The second-order valence-electron chi connectivity index (χ2n) is 6.16. The van der Waals surface area contributed by atoms with Crippen molar-refractivity contribution >= 4 is 29.2 Å². The van der Waals surface area contributed by atoms with Gasteiger partial charge < -0.3 is 19.7 Å². The Kier molecular flexibility index (Phi) is 5.40. The van der Waals surface area contributed by atoms with Gasteiger partial charge in [0.15, 0.2) is 6.61 Å². The molecule has 3 rings (SSSR count). The normalized spacial score (nSPS) is 16.0. The Balaban J connectivity index is 1.77. The minimum absolute atomic E-state index is 0.154. The van der Waals surface area contributed by atoms with Crippen LogP contribution in [0.25, 0.3) is 0 Å². The van der Waals surface area contributed by atoms with Crippen molar-refractivity contribution in [1.82, 2.24) is 0 Å². The van der Waals surface area contributed by atoms with Gasteiger partial charge in [-0.1, -0.05) is 24.3 Å². The number of para-hydroxylation sites is 3. The van der Waals surface area contributed by atoms with E-state index in [9.17, 15) is 14.4 Å². The second kappa shape index (κ2) is 7.90. The molecule has 0 fully saturated rings. The first kappa shape index (κ1) is 18.4. The number of anilines is 2. The number of nitrogens with zero attached hydrogens (tertiary/aromatic N) is 1. The molecule has 2 amide bonds. The number of hydrogen-bond acceptors (Lipinski definition) is 5. The molecule has 0 saturated heterocycles. The number of carbonyl (C=O) groups excluding carboxylic acids is 3. The molecule has 1 heterocycles. The number of esters is 1. The number of nitrogens with one attached hydrogen (secondary N) is 1. The molecule has 0 spiro atoms. The first-order chi connectivity index (χ1) is 13.0. The largest absolute Gasteiger partial charge is 0.496 e. The Hall–Kier alpha value is -3.35. The highest BCUT2D eigenvalue weighted by Crippen LogP contribution is 2.31. The van der Waals surface area contributed by atoms with E-state index in [1.165, 1.54) is 12.0 Å². The summed E-state index contributed by atoms with van der Waals surface area (Å²) in [5.41, 5.74) is 1.37. The lowest BCUT2D eigenvalue weighted by Gasteiger charge is -2.27. The third-order valence-corrected chi connectivity index (χ3v) is 4.28. The highest BCUT2D eigenvalue weighted by Gasteiger charge is 2.30. The standard InChI is InChI=1S/C20H20N2O5/c1-13-11-18(23)21-15-8-4-5-9-16(15)22(13)19(24)12-27-20(25)14-7-3-6-10-17(14)26-2/h3-10,13H,11-12H2,1-2H3,(H,21,23)/t13-/m1/s1. The molecule has 0 unspecified atom stereocenters. The van der Waals surface area contributed by atoms with Crippen LogP contribution in [-0.2, 0) is 14.3 Å². The van der Waals surface area contributed by atoms with Gasteiger partial charge in [-0.2, -0.15) is 0 Å². The van der Waals surface area contributed by atoms with Gasteiger partial charge in [0.25, 0.3) is 5.91 Å². The SMILES string of the molecule is COc1ccccc1C(=O)OCC(=O)N1c2ccccc2NC(=O)C[C@H]1C. The van der Waals surface area contributed by atoms with Gasteiger partial charge in [0.2, 0.25) is 5.91 Å². The average molecular weight is 368 g/mol. The van der Waals surface area contributed by atoms with Crippen LogP contribution in [0.3, 0.4) is 0 Å². The molecule has 140 valence electrons. The van der Waals surface area contributed by atoms with Gasteiger partial charge in [0, 0.05) is 12.5 Å². The number of amides is 2. The van der Waals surface area contributed by atoms with Gasteiger partial charge in [0.1, 0.15) is 11.3 Å².